The van der Waals surface area contributed by atoms with Crippen LogP contribution in [0.15, 0.2) is 91.3 Å². The number of aromatic nitrogens is 4. The molecule has 2 aromatic heterocycles. The molecule has 0 saturated heterocycles. The molecule has 0 unspecified atom stereocenters. The van der Waals surface area contributed by atoms with E-state index in [1.165, 1.54) is 12.1 Å². The zero-order valence-electron chi connectivity index (χ0n) is 20.1. The van der Waals surface area contributed by atoms with E-state index < -0.39 is 0 Å². The van der Waals surface area contributed by atoms with E-state index in [-0.39, 0.29) is 11.7 Å². The van der Waals surface area contributed by atoms with Crippen LogP contribution in [0.5, 0.6) is 0 Å². The molecule has 3 aromatic carbocycles. The quantitative estimate of drug-likeness (QED) is 0.318. The van der Waals surface area contributed by atoms with E-state index in [4.69, 9.17) is 0 Å². The molecule has 0 aliphatic carbocycles. The molecular formula is C29H26FN5O. The molecule has 0 atom stereocenters. The molecule has 0 fully saturated rings. The minimum absolute atomic E-state index is 0.247. The van der Waals surface area contributed by atoms with Gasteiger partial charge in [0.1, 0.15) is 17.3 Å². The van der Waals surface area contributed by atoms with Crippen LogP contribution in [0.2, 0.25) is 0 Å². The highest BCUT2D eigenvalue weighted by molar-refractivity contribution is 6.05. The lowest BCUT2D eigenvalue weighted by molar-refractivity contribution is 0.102. The Balaban J connectivity index is 1.45. The normalized spacial score (nSPS) is 11.0. The molecule has 6 nitrogen and oxygen atoms in total. The average molecular weight is 480 g/mol. The summed E-state index contributed by atoms with van der Waals surface area (Å²) >= 11 is 0. The first-order chi connectivity index (χ1) is 17.5. The fourth-order valence-electron chi connectivity index (χ4n) is 4.23. The van der Waals surface area contributed by atoms with Crippen LogP contribution in [-0.2, 0) is 13.1 Å². The number of rotatable bonds is 7. The van der Waals surface area contributed by atoms with E-state index in [1.807, 2.05) is 77.7 Å². The number of imidazole rings is 1. The molecule has 1 N–H and O–H groups in total. The molecule has 0 radical (unpaired) electrons. The predicted molar refractivity (Wildman–Crippen MR) is 138 cm³/mol. The third kappa shape index (κ3) is 5.10. The fourth-order valence-corrected chi connectivity index (χ4v) is 4.23. The van der Waals surface area contributed by atoms with Gasteiger partial charge in [-0.25, -0.2) is 9.37 Å². The van der Waals surface area contributed by atoms with Crippen LogP contribution in [0.25, 0.3) is 11.3 Å². The van der Waals surface area contributed by atoms with Crippen LogP contribution in [-0.4, -0.2) is 25.2 Å². The number of carbonyl (C=O) groups excluding carboxylic acids is 1. The van der Waals surface area contributed by atoms with Crippen LogP contribution in [0.1, 0.15) is 32.9 Å². The predicted octanol–water partition coefficient (Wildman–Crippen LogP) is 5.85. The number of nitrogens with one attached hydrogen (secondary N) is 1. The average Bonchev–Trinajstić information content (AvgIpc) is 3.41. The smallest absolute Gasteiger partial charge is 0.256 e. The molecule has 0 spiro atoms. The van der Waals surface area contributed by atoms with Crippen LogP contribution >= 0.6 is 0 Å². The lowest BCUT2D eigenvalue weighted by atomic mass is 10.1. The van der Waals surface area contributed by atoms with E-state index in [0.717, 1.165) is 28.1 Å². The Morgan fingerprint density at radius 1 is 0.889 bits per heavy atom. The summed E-state index contributed by atoms with van der Waals surface area (Å²) in [5, 5.41) is 7.58. The maximum atomic E-state index is 13.5. The van der Waals surface area contributed by atoms with Crippen molar-refractivity contribution in [3.63, 3.8) is 0 Å². The summed E-state index contributed by atoms with van der Waals surface area (Å²) in [6, 6.07) is 25.6. The van der Waals surface area contributed by atoms with Crippen molar-refractivity contribution in [3.8, 4) is 11.3 Å². The Labute approximate surface area is 209 Å². The number of amides is 1. The fraction of sp³-hybridized carbons (Fsp3) is 0.138. The second-order valence-corrected chi connectivity index (χ2v) is 8.80. The van der Waals surface area contributed by atoms with Gasteiger partial charge in [-0.05, 0) is 67.4 Å². The molecule has 36 heavy (non-hydrogen) atoms. The highest BCUT2D eigenvalue weighted by atomic mass is 19.1. The van der Waals surface area contributed by atoms with Gasteiger partial charge in [0, 0.05) is 16.8 Å². The number of anilines is 1. The van der Waals surface area contributed by atoms with Gasteiger partial charge in [-0.15, -0.1) is 0 Å². The van der Waals surface area contributed by atoms with Crippen LogP contribution < -0.4 is 5.32 Å². The van der Waals surface area contributed by atoms with E-state index in [1.54, 1.807) is 24.5 Å². The van der Waals surface area contributed by atoms with E-state index in [0.29, 0.717) is 30.2 Å². The van der Waals surface area contributed by atoms with Crippen molar-refractivity contribution in [1.29, 1.82) is 0 Å². The van der Waals surface area contributed by atoms with Gasteiger partial charge in [0.25, 0.3) is 5.91 Å². The Kier molecular flexibility index (Phi) is 6.45. The zero-order valence-corrected chi connectivity index (χ0v) is 20.1. The van der Waals surface area contributed by atoms with Crippen molar-refractivity contribution >= 4 is 11.7 Å². The molecule has 5 aromatic rings. The summed E-state index contributed by atoms with van der Waals surface area (Å²) in [7, 11) is 0. The Bertz CT molecular complexity index is 1500. The summed E-state index contributed by atoms with van der Waals surface area (Å²) in [5.74, 6) is -0.0183. The molecule has 0 bridgehead atoms. The SMILES string of the molecule is Cc1cc(C)n(Cc2cccc(C(=O)Nc3c(-c4ccc(F)cc4)ncn3Cc3ccccc3)c2)n1. The van der Waals surface area contributed by atoms with Gasteiger partial charge >= 0.3 is 0 Å². The zero-order chi connectivity index (χ0) is 25.1. The van der Waals surface area contributed by atoms with Gasteiger partial charge in [0.05, 0.1) is 25.1 Å². The van der Waals surface area contributed by atoms with Gasteiger partial charge in [0.15, 0.2) is 0 Å². The van der Waals surface area contributed by atoms with Crippen molar-refractivity contribution in [2.45, 2.75) is 26.9 Å². The molecule has 0 aliphatic heterocycles. The number of benzene rings is 3. The van der Waals surface area contributed by atoms with Crippen molar-refractivity contribution in [2.24, 2.45) is 0 Å². The number of hydrogen-bond acceptors (Lipinski definition) is 3. The minimum atomic E-state index is -0.326. The summed E-state index contributed by atoms with van der Waals surface area (Å²) in [6.07, 6.45) is 1.69. The first-order valence-corrected chi connectivity index (χ1v) is 11.7. The number of nitrogens with zero attached hydrogens (tertiary/aromatic N) is 4. The molecule has 7 heteroatoms. The Morgan fingerprint density at radius 3 is 2.36 bits per heavy atom. The summed E-state index contributed by atoms with van der Waals surface area (Å²) in [5.41, 5.74) is 5.91. The largest absolute Gasteiger partial charge is 0.312 e. The second kappa shape index (κ2) is 10.00. The molecule has 0 saturated carbocycles. The van der Waals surface area contributed by atoms with E-state index in [2.05, 4.69) is 15.4 Å². The minimum Gasteiger partial charge on any atom is -0.312 e. The van der Waals surface area contributed by atoms with Gasteiger partial charge < -0.3 is 9.88 Å². The summed E-state index contributed by atoms with van der Waals surface area (Å²) in [6.45, 7) is 5.09. The first kappa shape index (κ1) is 23.2. The van der Waals surface area contributed by atoms with Gasteiger partial charge in [0.2, 0.25) is 0 Å². The molecule has 180 valence electrons. The monoisotopic (exact) mass is 479 g/mol. The number of halogens is 1. The summed E-state index contributed by atoms with van der Waals surface area (Å²) in [4.78, 5) is 18.0. The Hall–Kier alpha value is -4.52. The maximum Gasteiger partial charge on any atom is 0.256 e. The number of hydrogen-bond donors (Lipinski definition) is 1. The Morgan fingerprint density at radius 2 is 1.64 bits per heavy atom. The maximum absolute atomic E-state index is 13.5. The highest BCUT2D eigenvalue weighted by Gasteiger charge is 2.18. The van der Waals surface area contributed by atoms with Crippen molar-refractivity contribution in [3.05, 3.63) is 125 Å². The van der Waals surface area contributed by atoms with Crippen LogP contribution in [0, 0.1) is 19.7 Å². The van der Waals surface area contributed by atoms with Crippen LogP contribution in [0.4, 0.5) is 10.2 Å². The lowest BCUT2D eigenvalue weighted by Crippen LogP contribution is -2.16. The molecule has 2 heterocycles. The lowest BCUT2D eigenvalue weighted by Gasteiger charge is -2.13. The van der Waals surface area contributed by atoms with Crippen molar-refractivity contribution in [1.82, 2.24) is 19.3 Å². The topological polar surface area (TPSA) is 64.7 Å². The molecule has 0 aliphatic rings. The molecular weight excluding hydrogens is 453 g/mol. The third-order valence-corrected chi connectivity index (χ3v) is 6.01. The van der Waals surface area contributed by atoms with Gasteiger partial charge in [-0.2, -0.15) is 5.10 Å². The van der Waals surface area contributed by atoms with Crippen molar-refractivity contribution < 1.29 is 9.18 Å². The van der Waals surface area contributed by atoms with Gasteiger partial charge in [-0.1, -0.05) is 42.5 Å². The summed E-state index contributed by atoms with van der Waals surface area (Å²) < 4.78 is 17.4. The number of carbonyl (C=O) groups is 1. The van der Waals surface area contributed by atoms with Gasteiger partial charge in [-0.3, -0.25) is 9.48 Å². The molecule has 5 rings (SSSR count). The van der Waals surface area contributed by atoms with Crippen molar-refractivity contribution in [2.75, 3.05) is 5.32 Å². The van der Waals surface area contributed by atoms with E-state index in [9.17, 15) is 9.18 Å². The molecule has 1 amide bonds. The number of aryl methyl sites for hydroxylation is 2. The third-order valence-electron chi connectivity index (χ3n) is 6.01. The standard InChI is InChI=1S/C29H26FN5O/c1-20-15-21(2)35(33-20)18-23-9-6-10-25(16-23)29(36)32-28-27(24-11-13-26(30)14-12-24)31-19-34(28)17-22-7-4-3-5-8-22/h3-16,19H,17-18H2,1-2H3,(H,32,36). The first-order valence-electron chi connectivity index (χ1n) is 11.7. The second-order valence-electron chi connectivity index (χ2n) is 8.80. The van der Waals surface area contributed by atoms with Crippen LogP contribution in [0.3, 0.4) is 0 Å². The van der Waals surface area contributed by atoms with E-state index >= 15 is 0 Å². The highest BCUT2D eigenvalue weighted by Crippen LogP contribution is 2.28.